The van der Waals surface area contributed by atoms with Gasteiger partial charge in [0.2, 0.25) is 5.91 Å². The molecule has 0 aliphatic heterocycles. The Morgan fingerprint density at radius 1 is 1.32 bits per heavy atom. The Balaban J connectivity index is 4.13. The van der Waals surface area contributed by atoms with Gasteiger partial charge in [-0.3, -0.25) is 9.59 Å². The number of amides is 1. The number of carbonyl (C=O) groups excluding carboxylic acids is 1. The van der Waals surface area contributed by atoms with E-state index in [1.807, 2.05) is 0 Å². The van der Waals surface area contributed by atoms with E-state index in [9.17, 15) is 14.4 Å². The number of hydrogen-bond donors (Lipinski definition) is 4. The summed E-state index contributed by atoms with van der Waals surface area (Å²) in [5.74, 6) is -2.04. The third-order valence-corrected chi connectivity index (χ3v) is 3.19. The van der Waals surface area contributed by atoms with E-state index < -0.39 is 29.9 Å². The summed E-state index contributed by atoms with van der Waals surface area (Å²) in [6.45, 7) is 3.50. The zero-order valence-electron chi connectivity index (χ0n) is 10.4. The Kier molecular flexibility index (Phi) is 8.64. The number of thioether (sulfide) groups is 1. The van der Waals surface area contributed by atoms with Gasteiger partial charge in [0.15, 0.2) is 0 Å². The molecule has 1 amide bonds. The molecule has 0 aromatic heterocycles. The van der Waals surface area contributed by atoms with Crippen molar-refractivity contribution in [3.63, 3.8) is 0 Å². The molecule has 108 valence electrons. The second kappa shape index (κ2) is 9.40. The van der Waals surface area contributed by atoms with Gasteiger partial charge >= 0.3 is 11.9 Å². The summed E-state index contributed by atoms with van der Waals surface area (Å²) in [6.07, 6.45) is 1.48. The summed E-state index contributed by atoms with van der Waals surface area (Å²) >= 11 is 1.33. The van der Waals surface area contributed by atoms with Crippen LogP contribution in [0.25, 0.3) is 0 Å². The molecule has 0 aliphatic rings. The summed E-state index contributed by atoms with van der Waals surface area (Å²) in [5.41, 5.74) is 5.24. The SMILES string of the molecule is C=CCSC[C@H](NC(=O)CC[C@H](N)C(=O)O)C(=O)O. The van der Waals surface area contributed by atoms with Gasteiger partial charge in [0.25, 0.3) is 0 Å². The van der Waals surface area contributed by atoms with Gasteiger partial charge in [-0.1, -0.05) is 6.08 Å². The van der Waals surface area contributed by atoms with Gasteiger partial charge in [-0.2, -0.15) is 11.8 Å². The van der Waals surface area contributed by atoms with Gasteiger partial charge in [-0.25, -0.2) is 4.79 Å². The van der Waals surface area contributed by atoms with Crippen LogP contribution in [0.2, 0.25) is 0 Å². The molecule has 5 N–H and O–H groups in total. The van der Waals surface area contributed by atoms with Crippen LogP contribution < -0.4 is 11.1 Å². The van der Waals surface area contributed by atoms with Crippen molar-refractivity contribution in [2.45, 2.75) is 24.9 Å². The first-order chi connectivity index (χ1) is 8.88. The number of carboxylic acid groups (broad SMARTS) is 2. The lowest BCUT2D eigenvalue weighted by atomic mass is 10.1. The maximum absolute atomic E-state index is 11.5. The van der Waals surface area contributed by atoms with E-state index in [2.05, 4.69) is 11.9 Å². The van der Waals surface area contributed by atoms with Gasteiger partial charge < -0.3 is 21.3 Å². The maximum Gasteiger partial charge on any atom is 0.327 e. The molecule has 0 spiro atoms. The van der Waals surface area contributed by atoms with Gasteiger partial charge in [-0.05, 0) is 6.42 Å². The molecule has 0 saturated carbocycles. The Morgan fingerprint density at radius 3 is 2.42 bits per heavy atom. The van der Waals surface area contributed by atoms with Gasteiger partial charge in [0, 0.05) is 17.9 Å². The third kappa shape index (κ3) is 8.22. The van der Waals surface area contributed by atoms with Crippen molar-refractivity contribution < 1.29 is 24.6 Å². The van der Waals surface area contributed by atoms with Crippen LogP contribution in [0, 0.1) is 0 Å². The molecule has 0 bridgehead atoms. The quantitative estimate of drug-likeness (QED) is 0.320. The standard InChI is InChI=1S/C11H18N2O5S/c1-2-5-19-6-8(11(17)18)13-9(14)4-3-7(12)10(15)16/h2,7-8H,1,3-6,12H2,(H,13,14)(H,15,16)(H,17,18)/t7-,8-/m0/s1. The highest BCUT2D eigenvalue weighted by atomic mass is 32.2. The highest BCUT2D eigenvalue weighted by Crippen LogP contribution is 2.04. The second-order valence-corrected chi connectivity index (χ2v) is 4.84. The average molecular weight is 290 g/mol. The molecule has 2 atom stereocenters. The summed E-state index contributed by atoms with van der Waals surface area (Å²) < 4.78 is 0. The third-order valence-electron chi connectivity index (χ3n) is 2.15. The molecular weight excluding hydrogens is 272 g/mol. The minimum atomic E-state index is -1.19. The van der Waals surface area contributed by atoms with Crippen LogP contribution in [-0.4, -0.2) is 51.6 Å². The smallest absolute Gasteiger partial charge is 0.327 e. The highest BCUT2D eigenvalue weighted by molar-refractivity contribution is 7.99. The van der Waals surface area contributed by atoms with E-state index in [4.69, 9.17) is 15.9 Å². The molecule has 0 aromatic carbocycles. The Hall–Kier alpha value is -1.54. The molecule has 8 heteroatoms. The molecule has 0 heterocycles. The topological polar surface area (TPSA) is 130 Å². The average Bonchev–Trinajstić information content (AvgIpc) is 2.34. The van der Waals surface area contributed by atoms with Crippen LogP contribution in [0.5, 0.6) is 0 Å². The van der Waals surface area contributed by atoms with Gasteiger partial charge in [0.1, 0.15) is 12.1 Å². The number of nitrogens with two attached hydrogens (primary N) is 1. The number of rotatable bonds is 10. The Bertz CT molecular complexity index is 348. The lowest BCUT2D eigenvalue weighted by Gasteiger charge is -2.14. The molecule has 0 aliphatic carbocycles. The van der Waals surface area contributed by atoms with E-state index in [0.29, 0.717) is 5.75 Å². The van der Waals surface area contributed by atoms with Gasteiger partial charge in [-0.15, -0.1) is 6.58 Å². The largest absolute Gasteiger partial charge is 0.480 e. The first-order valence-corrected chi connectivity index (χ1v) is 6.73. The second-order valence-electron chi connectivity index (χ2n) is 3.77. The number of nitrogens with one attached hydrogen (secondary N) is 1. The summed E-state index contributed by atoms with van der Waals surface area (Å²) in [7, 11) is 0. The highest BCUT2D eigenvalue weighted by Gasteiger charge is 2.20. The first kappa shape index (κ1) is 17.5. The Morgan fingerprint density at radius 2 is 1.95 bits per heavy atom. The molecular formula is C11H18N2O5S. The number of carbonyl (C=O) groups is 3. The van der Waals surface area contributed by atoms with Crippen LogP contribution in [0.4, 0.5) is 0 Å². The first-order valence-electron chi connectivity index (χ1n) is 5.57. The van der Waals surface area contributed by atoms with Crippen LogP contribution >= 0.6 is 11.8 Å². The summed E-state index contributed by atoms with van der Waals surface area (Å²) in [6, 6.07) is -2.12. The van der Waals surface area contributed by atoms with E-state index >= 15 is 0 Å². The fourth-order valence-corrected chi connectivity index (χ4v) is 1.88. The fourth-order valence-electron chi connectivity index (χ4n) is 1.12. The summed E-state index contributed by atoms with van der Waals surface area (Å²) in [5, 5.41) is 19.8. The predicted molar refractivity (Wildman–Crippen MR) is 71.9 cm³/mol. The van der Waals surface area contributed by atoms with Crippen molar-refractivity contribution in [2.24, 2.45) is 5.73 Å². The van der Waals surface area contributed by atoms with Crippen LogP contribution in [0.1, 0.15) is 12.8 Å². The molecule has 0 radical (unpaired) electrons. The maximum atomic E-state index is 11.5. The Labute approximate surface area is 115 Å². The van der Waals surface area contributed by atoms with E-state index in [0.717, 1.165) is 0 Å². The lowest BCUT2D eigenvalue weighted by Crippen LogP contribution is -2.43. The molecule has 0 unspecified atom stereocenters. The zero-order chi connectivity index (χ0) is 14.8. The van der Waals surface area contributed by atoms with Crippen LogP contribution in [0.3, 0.4) is 0 Å². The van der Waals surface area contributed by atoms with Crippen molar-refractivity contribution in [1.29, 1.82) is 0 Å². The van der Waals surface area contributed by atoms with E-state index in [1.54, 1.807) is 6.08 Å². The van der Waals surface area contributed by atoms with E-state index in [1.165, 1.54) is 11.8 Å². The van der Waals surface area contributed by atoms with Crippen molar-refractivity contribution in [3.8, 4) is 0 Å². The zero-order valence-corrected chi connectivity index (χ0v) is 11.2. The van der Waals surface area contributed by atoms with Crippen LogP contribution in [0.15, 0.2) is 12.7 Å². The predicted octanol–water partition coefficient (Wildman–Crippen LogP) is -0.333. The molecule has 0 fully saturated rings. The fraction of sp³-hybridized carbons (Fsp3) is 0.545. The monoisotopic (exact) mass is 290 g/mol. The molecule has 0 rings (SSSR count). The molecule has 0 saturated heterocycles. The number of carboxylic acids is 2. The number of hydrogen-bond acceptors (Lipinski definition) is 5. The minimum Gasteiger partial charge on any atom is -0.480 e. The minimum absolute atomic E-state index is 0.0344. The van der Waals surface area contributed by atoms with Crippen molar-refractivity contribution in [1.82, 2.24) is 5.32 Å². The van der Waals surface area contributed by atoms with Crippen molar-refractivity contribution in [3.05, 3.63) is 12.7 Å². The normalized spacial score (nSPS) is 13.3. The number of aliphatic carboxylic acids is 2. The van der Waals surface area contributed by atoms with E-state index in [-0.39, 0.29) is 18.6 Å². The van der Waals surface area contributed by atoms with Gasteiger partial charge in [0.05, 0.1) is 0 Å². The summed E-state index contributed by atoms with van der Waals surface area (Å²) in [4.78, 5) is 32.8. The van der Waals surface area contributed by atoms with Crippen LogP contribution in [-0.2, 0) is 14.4 Å². The molecule has 7 nitrogen and oxygen atoms in total. The van der Waals surface area contributed by atoms with Crippen molar-refractivity contribution in [2.75, 3.05) is 11.5 Å². The molecule has 0 aromatic rings. The lowest BCUT2D eigenvalue weighted by molar-refractivity contribution is -0.141. The van der Waals surface area contributed by atoms with Crippen molar-refractivity contribution >= 4 is 29.6 Å². The molecule has 19 heavy (non-hydrogen) atoms.